The van der Waals surface area contributed by atoms with Crippen LogP contribution in [0.4, 0.5) is 11.7 Å². The van der Waals surface area contributed by atoms with E-state index in [0.29, 0.717) is 11.8 Å². The summed E-state index contributed by atoms with van der Waals surface area (Å²) in [6.07, 6.45) is 3.43. The van der Waals surface area contributed by atoms with Crippen molar-refractivity contribution in [3.63, 3.8) is 0 Å². The molecule has 0 spiro atoms. The Morgan fingerprint density at radius 3 is 2.68 bits per heavy atom. The molecule has 0 N–H and O–H groups in total. The summed E-state index contributed by atoms with van der Waals surface area (Å²) in [5.41, 5.74) is 2.17. The van der Waals surface area contributed by atoms with Gasteiger partial charge in [-0.25, -0.2) is 9.97 Å². The molecule has 3 aromatic rings. The maximum atomic E-state index is 5.23. The van der Waals surface area contributed by atoms with E-state index in [1.165, 1.54) is 5.69 Å². The topological polar surface area (TPSA) is 71.2 Å². The Bertz CT molecular complexity index is 793. The Morgan fingerprint density at radius 2 is 1.91 bits per heavy atom. The average Bonchev–Trinajstić information content (AvgIpc) is 3.01. The van der Waals surface area contributed by atoms with Crippen molar-refractivity contribution in [1.82, 2.24) is 20.1 Å². The van der Waals surface area contributed by atoms with Crippen molar-refractivity contribution >= 4 is 22.6 Å². The van der Waals surface area contributed by atoms with Gasteiger partial charge < -0.3 is 14.3 Å². The molecule has 7 heteroatoms. The van der Waals surface area contributed by atoms with E-state index in [0.717, 1.165) is 37.1 Å². The summed E-state index contributed by atoms with van der Waals surface area (Å²) < 4.78 is 5.23. The molecule has 0 saturated carbocycles. The van der Waals surface area contributed by atoms with E-state index in [1.54, 1.807) is 6.33 Å². The fourth-order valence-corrected chi connectivity index (χ4v) is 2.74. The highest BCUT2D eigenvalue weighted by molar-refractivity contribution is 5.81. The molecular weight excluding hydrogens is 280 g/mol. The van der Waals surface area contributed by atoms with Gasteiger partial charge in [0, 0.05) is 43.4 Å². The quantitative estimate of drug-likeness (QED) is 0.712. The number of piperazine rings is 1. The molecule has 0 bridgehead atoms. The second-order valence-electron chi connectivity index (χ2n) is 5.36. The van der Waals surface area contributed by atoms with Crippen molar-refractivity contribution in [3.8, 4) is 0 Å². The zero-order valence-electron chi connectivity index (χ0n) is 12.3. The molecule has 22 heavy (non-hydrogen) atoms. The van der Waals surface area contributed by atoms with E-state index < -0.39 is 0 Å². The summed E-state index contributed by atoms with van der Waals surface area (Å²) in [7, 11) is 0. The third kappa shape index (κ3) is 2.34. The molecule has 3 heterocycles. The summed E-state index contributed by atoms with van der Waals surface area (Å²) in [5.74, 6) is 0.673. The van der Waals surface area contributed by atoms with Crippen molar-refractivity contribution in [1.29, 1.82) is 0 Å². The van der Waals surface area contributed by atoms with Crippen LogP contribution >= 0.6 is 0 Å². The molecule has 1 aliphatic heterocycles. The number of aromatic nitrogens is 4. The Kier molecular flexibility index (Phi) is 3.10. The van der Waals surface area contributed by atoms with Crippen LogP contribution in [0.5, 0.6) is 0 Å². The highest BCUT2D eigenvalue weighted by atomic mass is 16.5. The van der Waals surface area contributed by atoms with Gasteiger partial charge in [0.2, 0.25) is 0 Å². The minimum atomic E-state index is 0.615. The SMILES string of the molecule is Cc1noc(N2CCN(c3ccc4ncncc4c3)CC2)n1. The number of hydrogen-bond donors (Lipinski definition) is 0. The summed E-state index contributed by atoms with van der Waals surface area (Å²) in [6, 6.07) is 6.91. The lowest BCUT2D eigenvalue weighted by atomic mass is 10.2. The monoisotopic (exact) mass is 296 g/mol. The summed E-state index contributed by atoms with van der Waals surface area (Å²) in [6.45, 7) is 5.40. The largest absolute Gasteiger partial charge is 0.368 e. The first-order chi connectivity index (χ1) is 10.8. The number of aryl methyl sites for hydroxylation is 1. The van der Waals surface area contributed by atoms with Gasteiger partial charge in [-0.05, 0) is 25.1 Å². The molecule has 0 unspecified atom stereocenters. The van der Waals surface area contributed by atoms with Crippen LogP contribution in [-0.2, 0) is 0 Å². The average molecular weight is 296 g/mol. The number of anilines is 2. The third-order valence-corrected chi connectivity index (χ3v) is 3.92. The lowest BCUT2D eigenvalue weighted by Gasteiger charge is -2.35. The van der Waals surface area contributed by atoms with Crippen LogP contribution in [0.1, 0.15) is 5.82 Å². The highest BCUT2D eigenvalue weighted by Gasteiger charge is 2.21. The highest BCUT2D eigenvalue weighted by Crippen LogP contribution is 2.22. The summed E-state index contributed by atoms with van der Waals surface area (Å²) in [4.78, 5) is 17.1. The molecule has 0 radical (unpaired) electrons. The molecule has 0 aliphatic carbocycles. The standard InChI is InChI=1S/C15H16N6O/c1-11-18-15(22-19-11)21-6-4-20(5-7-21)13-2-3-14-12(8-13)9-16-10-17-14/h2-3,8-10H,4-7H2,1H3. The second kappa shape index (κ2) is 5.25. The maximum absolute atomic E-state index is 5.23. The Balaban J connectivity index is 1.50. The van der Waals surface area contributed by atoms with Gasteiger partial charge in [0.1, 0.15) is 6.33 Å². The zero-order valence-corrected chi connectivity index (χ0v) is 12.3. The maximum Gasteiger partial charge on any atom is 0.324 e. The minimum Gasteiger partial charge on any atom is -0.368 e. The van der Waals surface area contributed by atoms with Crippen LogP contribution in [0.25, 0.3) is 10.9 Å². The van der Waals surface area contributed by atoms with Crippen LogP contribution in [0, 0.1) is 6.92 Å². The molecule has 0 atom stereocenters. The summed E-state index contributed by atoms with van der Waals surface area (Å²) in [5, 5.41) is 4.91. The minimum absolute atomic E-state index is 0.615. The lowest BCUT2D eigenvalue weighted by molar-refractivity contribution is 0.404. The first kappa shape index (κ1) is 13.0. The molecular formula is C15H16N6O. The van der Waals surface area contributed by atoms with Crippen LogP contribution in [0.15, 0.2) is 35.2 Å². The smallest absolute Gasteiger partial charge is 0.324 e. The van der Waals surface area contributed by atoms with Gasteiger partial charge in [-0.3, -0.25) is 0 Å². The Hall–Kier alpha value is -2.70. The molecule has 2 aromatic heterocycles. The van der Waals surface area contributed by atoms with Crippen molar-refractivity contribution in [2.24, 2.45) is 0 Å². The Labute approximate surface area is 127 Å². The molecule has 4 rings (SSSR count). The van der Waals surface area contributed by atoms with Crippen LogP contribution in [0.3, 0.4) is 0 Å². The van der Waals surface area contributed by atoms with Crippen LogP contribution < -0.4 is 9.80 Å². The van der Waals surface area contributed by atoms with Gasteiger partial charge >= 0.3 is 6.01 Å². The number of benzene rings is 1. The van der Waals surface area contributed by atoms with E-state index in [1.807, 2.05) is 19.2 Å². The lowest BCUT2D eigenvalue weighted by Crippen LogP contribution is -2.46. The van der Waals surface area contributed by atoms with E-state index in [-0.39, 0.29) is 0 Å². The van der Waals surface area contributed by atoms with E-state index in [9.17, 15) is 0 Å². The predicted octanol–water partition coefficient (Wildman–Crippen LogP) is 1.65. The normalized spacial score (nSPS) is 15.5. The third-order valence-electron chi connectivity index (χ3n) is 3.92. The van der Waals surface area contributed by atoms with Gasteiger partial charge in [0.05, 0.1) is 5.52 Å². The fraction of sp³-hybridized carbons (Fsp3) is 0.333. The van der Waals surface area contributed by atoms with Crippen molar-refractivity contribution < 1.29 is 4.52 Å². The van der Waals surface area contributed by atoms with Gasteiger partial charge in [0.15, 0.2) is 5.82 Å². The molecule has 1 saturated heterocycles. The predicted molar refractivity (Wildman–Crippen MR) is 83.0 cm³/mol. The van der Waals surface area contributed by atoms with E-state index >= 15 is 0 Å². The number of hydrogen-bond acceptors (Lipinski definition) is 7. The van der Waals surface area contributed by atoms with E-state index in [2.05, 4.69) is 42.0 Å². The van der Waals surface area contributed by atoms with E-state index in [4.69, 9.17) is 4.52 Å². The van der Waals surface area contributed by atoms with Crippen molar-refractivity contribution in [2.75, 3.05) is 36.0 Å². The molecule has 112 valence electrons. The van der Waals surface area contributed by atoms with Gasteiger partial charge in [-0.15, -0.1) is 0 Å². The van der Waals surface area contributed by atoms with Crippen LogP contribution in [0.2, 0.25) is 0 Å². The van der Waals surface area contributed by atoms with Gasteiger partial charge in [0.25, 0.3) is 0 Å². The second-order valence-corrected chi connectivity index (χ2v) is 5.36. The fourth-order valence-electron chi connectivity index (χ4n) is 2.74. The van der Waals surface area contributed by atoms with Crippen molar-refractivity contribution in [3.05, 3.63) is 36.5 Å². The Morgan fingerprint density at radius 1 is 1.09 bits per heavy atom. The number of rotatable bonds is 2. The summed E-state index contributed by atoms with van der Waals surface area (Å²) >= 11 is 0. The van der Waals surface area contributed by atoms with Gasteiger partial charge in [-0.1, -0.05) is 5.16 Å². The molecule has 0 amide bonds. The molecule has 7 nitrogen and oxygen atoms in total. The molecule has 1 aliphatic rings. The first-order valence-electron chi connectivity index (χ1n) is 7.29. The van der Waals surface area contributed by atoms with Crippen molar-refractivity contribution in [2.45, 2.75) is 6.92 Å². The number of fused-ring (bicyclic) bond motifs is 1. The first-order valence-corrected chi connectivity index (χ1v) is 7.29. The van der Waals surface area contributed by atoms with Gasteiger partial charge in [-0.2, -0.15) is 4.98 Å². The zero-order chi connectivity index (χ0) is 14.9. The molecule has 1 aromatic carbocycles. The van der Waals surface area contributed by atoms with Crippen LogP contribution in [-0.4, -0.2) is 46.3 Å². The molecule has 1 fully saturated rings. The number of nitrogens with zero attached hydrogens (tertiary/aromatic N) is 6.